The van der Waals surface area contributed by atoms with Gasteiger partial charge in [-0.2, -0.15) is 0 Å². The molecule has 1 aliphatic heterocycles. The molecule has 1 aromatic carbocycles. The van der Waals surface area contributed by atoms with Crippen molar-refractivity contribution in [2.45, 2.75) is 33.4 Å². The monoisotopic (exact) mass is 380 g/mol. The Labute approximate surface area is 166 Å². The van der Waals surface area contributed by atoms with Crippen LogP contribution in [0.4, 0.5) is 0 Å². The molecule has 2 N–H and O–H groups in total. The standard InChI is InChI=1S/C22H28N4O2/c1-22(2,3)21(28)25-13-16-6-8-17(9-7-16)20(27)26-12-11-24-15-19(26)18-5-4-10-23-14-18/h4-10,14,19,24H,11-13,15H2,1-3H3,(H,25,28). The molecule has 1 unspecified atom stereocenters. The summed E-state index contributed by atoms with van der Waals surface area (Å²) in [5.41, 5.74) is 2.24. The quantitative estimate of drug-likeness (QED) is 0.855. The largest absolute Gasteiger partial charge is 0.352 e. The number of hydrogen-bond acceptors (Lipinski definition) is 4. The van der Waals surface area contributed by atoms with E-state index in [1.807, 2.05) is 68.3 Å². The number of carbonyl (C=O) groups is 2. The Balaban J connectivity index is 1.69. The van der Waals surface area contributed by atoms with Gasteiger partial charge in [-0.25, -0.2) is 0 Å². The van der Waals surface area contributed by atoms with Crippen molar-refractivity contribution in [2.75, 3.05) is 19.6 Å². The lowest BCUT2D eigenvalue weighted by Gasteiger charge is -2.36. The molecule has 0 radical (unpaired) electrons. The number of rotatable bonds is 4. The molecular weight excluding hydrogens is 352 g/mol. The van der Waals surface area contributed by atoms with Crippen molar-refractivity contribution >= 4 is 11.8 Å². The molecular formula is C22H28N4O2. The van der Waals surface area contributed by atoms with Crippen molar-refractivity contribution in [2.24, 2.45) is 5.41 Å². The Morgan fingerprint density at radius 2 is 1.96 bits per heavy atom. The summed E-state index contributed by atoms with van der Waals surface area (Å²) in [4.78, 5) is 31.2. The Hall–Kier alpha value is -2.73. The van der Waals surface area contributed by atoms with E-state index in [1.54, 1.807) is 6.20 Å². The molecule has 1 fully saturated rings. The Morgan fingerprint density at radius 3 is 2.61 bits per heavy atom. The predicted octanol–water partition coefficient (Wildman–Crippen LogP) is 2.53. The molecule has 28 heavy (non-hydrogen) atoms. The maximum Gasteiger partial charge on any atom is 0.254 e. The molecule has 6 heteroatoms. The number of piperazine rings is 1. The van der Waals surface area contributed by atoms with E-state index >= 15 is 0 Å². The summed E-state index contributed by atoms with van der Waals surface area (Å²) in [6.07, 6.45) is 3.56. The van der Waals surface area contributed by atoms with Gasteiger partial charge in [-0.1, -0.05) is 39.0 Å². The zero-order valence-electron chi connectivity index (χ0n) is 16.7. The van der Waals surface area contributed by atoms with Crippen LogP contribution in [0.3, 0.4) is 0 Å². The van der Waals surface area contributed by atoms with Gasteiger partial charge in [0.1, 0.15) is 0 Å². The van der Waals surface area contributed by atoms with Crippen LogP contribution in [0.5, 0.6) is 0 Å². The maximum absolute atomic E-state index is 13.1. The molecule has 0 bridgehead atoms. The second-order valence-corrected chi connectivity index (χ2v) is 8.13. The van der Waals surface area contributed by atoms with Crippen LogP contribution in [0.1, 0.15) is 48.3 Å². The second kappa shape index (κ2) is 8.52. The van der Waals surface area contributed by atoms with Crippen molar-refractivity contribution in [3.05, 3.63) is 65.5 Å². The van der Waals surface area contributed by atoms with Crippen molar-refractivity contribution < 1.29 is 9.59 Å². The minimum absolute atomic E-state index is 0.00721. The third-order valence-corrected chi connectivity index (χ3v) is 4.91. The fraction of sp³-hybridized carbons (Fsp3) is 0.409. The molecule has 0 spiro atoms. The summed E-state index contributed by atoms with van der Waals surface area (Å²) in [6.45, 7) is 8.26. The van der Waals surface area contributed by atoms with E-state index in [1.165, 1.54) is 0 Å². The van der Waals surface area contributed by atoms with Gasteiger partial charge >= 0.3 is 0 Å². The normalized spacial score (nSPS) is 17.2. The van der Waals surface area contributed by atoms with E-state index in [-0.39, 0.29) is 17.9 Å². The third kappa shape index (κ3) is 4.75. The van der Waals surface area contributed by atoms with Crippen LogP contribution in [0.2, 0.25) is 0 Å². The van der Waals surface area contributed by atoms with E-state index < -0.39 is 5.41 Å². The highest BCUT2D eigenvalue weighted by Gasteiger charge is 2.28. The average Bonchev–Trinajstić information content (AvgIpc) is 2.72. The van der Waals surface area contributed by atoms with Crippen LogP contribution >= 0.6 is 0 Å². The number of pyridine rings is 1. The molecule has 1 saturated heterocycles. The highest BCUT2D eigenvalue weighted by Crippen LogP contribution is 2.23. The van der Waals surface area contributed by atoms with Crippen molar-refractivity contribution in [1.82, 2.24) is 20.5 Å². The summed E-state index contributed by atoms with van der Waals surface area (Å²) >= 11 is 0. The van der Waals surface area contributed by atoms with E-state index in [0.29, 0.717) is 25.2 Å². The van der Waals surface area contributed by atoms with Gasteiger partial charge in [0.2, 0.25) is 5.91 Å². The van der Waals surface area contributed by atoms with E-state index in [9.17, 15) is 9.59 Å². The van der Waals surface area contributed by atoms with Crippen LogP contribution < -0.4 is 10.6 Å². The fourth-order valence-electron chi connectivity index (χ4n) is 3.20. The van der Waals surface area contributed by atoms with E-state index in [4.69, 9.17) is 0 Å². The van der Waals surface area contributed by atoms with Crippen molar-refractivity contribution in [1.29, 1.82) is 0 Å². The summed E-state index contributed by atoms with van der Waals surface area (Å²) in [7, 11) is 0. The minimum Gasteiger partial charge on any atom is -0.352 e. The van der Waals surface area contributed by atoms with Crippen LogP contribution in [0, 0.1) is 5.41 Å². The highest BCUT2D eigenvalue weighted by molar-refractivity contribution is 5.94. The first-order valence-corrected chi connectivity index (χ1v) is 9.65. The smallest absolute Gasteiger partial charge is 0.254 e. The SMILES string of the molecule is CC(C)(C)C(=O)NCc1ccc(C(=O)N2CCNCC2c2cccnc2)cc1. The van der Waals surface area contributed by atoms with Crippen molar-refractivity contribution in [3.63, 3.8) is 0 Å². The van der Waals surface area contributed by atoms with Gasteiger partial charge < -0.3 is 15.5 Å². The molecule has 148 valence electrons. The Bertz CT molecular complexity index is 813. The summed E-state index contributed by atoms with van der Waals surface area (Å²) in [5.74, 6) is 0.0217. The molecule has 0 aliphatic carbocycles. The van der Waals surface area contributed by atoms with E-state index in [2.05, 4.69) is 15.6 Å². The first kappa shape index (κ1) is 20.0. The van der Waals surface area contributed by atoms with Crippen molar-refractivity contribution in [3.8, 4) is 0 Å². The van der Waals surface area contributed by atoms with Gasteiger partial charge in [0.05, 0.1) is 6.04 Å². The summed E-state index contributed by atoms with van der Waals surface area (Å²) in [6, 6.07) is 11.3. The fourth-order valence-corrected chi connectivity index (χ4v) is 3.20. The number of amides is 2. The summed E-state index contributed by atoms with van der Waals surface area (Å²) < 4.78 is 0. The highest BCUT2D eigenvalue weighted by atomic mass is 16.2. The molecule has 6 nitrogen and oxygen atoms in total. The first-order valence-electron chi connectivity index (χ1n) is 9.65. The topological polar surface area (TPSA) is 74.3 Å². The van der Waals surface area contributed by atoms with Crippen LogP contribution in [-0.4, -0.2) is 41.3 Å². The zero-order chi connectivity index (χ0) is 20.1. The molecule has 2 heterocycles. The molecule has 1 atom stereocenters. The Morgan fingerprint density at radius 1 is 1.21 bits per heavy atom. The number of hydrogen-bond donors (Lipinski definition) is 2. The number of carbonyl (C=O) groups excluding carboxylic acids is 2. The molecule has 1 aliphatic rings. The lowest BCUT2D eigenvalue weighted by molar-refractivity contribution is -0.128. The minimum atomic E-state index is -0.417. The molecule has 2 amide bonds. The first-order chi connectivity index (χ1) is 13.4. The lowest BCUT2D eigenvalue weighted by atomic mass is 9.95. The number of nitrogens with zero attached hydrogens (tertiary/aromatic N) is 2. The molecule has 1 aromatic heterocycles. The second-order valence-electron chi connectivity index (χ2n) is 8.13. The van der Waals surface area contributed by atoms with Gasteiger partial charge in [-0.05, 0) is 29.3 Å². The van der Waals surface area contributed by atoms with Crippen LogP contribution in [-0.2, 0) is 11.3 Å². The zero-order valence-corrected chi connectivity index (χ0v) is 16.7. The van der Waals surface area contributed by atoms with Gasteiger partial charge in [-0.15, -0.1) is 0 Å². The third-order valence-electron chi connectivity index (χ3n) is 4.91. The lowest BCUT2D eigenvalue weighted by Crippen LogP contribution is -2.48. The summed E-state index contributed by atoms with van der Waals surface area (Å²) in [5, 5.41) is 6.29. The number of benzene rings is 1. The Kier molecular flexibility index (Phi) is 6.09. The number of nitrogens with one attached hydrogen (secondary N) is 2. The predicted molar refractivity (Wildman–Crippen MR) is 109 cm³/mol. The van der Waals surface area contributed by atoms with Crippen LogP contribution in [0.15, 0.2) is 48.8 Å². The van der Waals surface area contributed by atoms with E-state index in [0.717, 1.165) is 17.7 Å². The molecule has 0 saturated carbocycles. The number of aromatic nitrogens is 1. The van der Waals surface area contributed by atoms with Crippen LogP contribution in [0.25, 0.3) is 0 Å². The van der Waals surface area contributed by atoms with Gasteiger partial charge in [0, 0.05) is 49.6 Å². The molecule has 2 aromatic rings. The average molecular weight is 380 g/mol. The van der Waals surface area contributed by atoms with Gasteiger partial charge in [0.25, 0.3) is 5.91 Å². The molecule has 3 rings (SSSR count). The van der Waals surface area contributed by atoms with Gasteiger partial charge in [-0.3, -0.25) is 14.6 Å². The maximum atomic E-state index is 13.1. The van der Waals surface area contributed by atoms with Gasteiger partial charge in [0.15, 0.2) is 0 Å².